The molecule has 0 heterocycles. The summed E-state index contributed by atoms with van der Waals surface area (Å²) < 4.78 is 16.3. The molecule has 0 saturated heterocycles. The van der Waals surface area contributed by atoms with E-state index in [4.69, 9.17) is 14.2 Å². The molecule has 0 amide bonds. The minimum absolute atomic E-state index is 0.381. The molecule has 5 heteroatoms. The monoisotopic (exact) mass is 314 g/mol. The van der Waals surface area contributed by atoms with Crippen molar-refractivity contribution in [2.75, 3.05) is 14.2 Å². The third kappa shape index (κ3) is 3.26. The van der Waals surface area contributed by atoms with E-state index in [2.05, 4.69) is 22.5 Å². The number of carbonyl (C=O) groups is 1. The van der Waals surface area contributed by atoms with Crippen LogP contribution in [0.5, 0.6) is 11.5 Å². The highest BCUT2D eigenvalue weighted by atomic mass is 79.9. The second kappa shape index (κ2) is 6.44. The molecular weight excluding hydrogens is 300 g/mol. The fourth-order valence-corrected chi connectivity index (χ4v) is 2.10. The normalized spacial score (nSPS) is 11.6. The second-order valence-electron chi connectivity index (χ2n) is 3.50. The third-order valence-corrected chi connectivity index (χ3v) is 3.16. The fraction of sp³-hybridized carbons (Fsp3) is 0.308. The molecule has 1 rings (SSSR count). The van der Waals surface area contributed by atoms with Gasteiger partial charge in [0.2, 0.25) is 0 Å². The molecule has 0 fully saturated rings. The number of esters is 1. The highest BCUT2D eigenvalue weighted by Gasteiger charge is 2.18. The van der Waals surface area contributed by atoms with Crippen LogP contribution < -0.4 is 9.47 Å². The zero-order valence-corrected chi connectivity index (χ0v) is 12.1. The SMILES string of the molecule is C=C[C@@H](OC(C)=O)c1cc(OC)cc(OC)c1Br. The van der Waals surface area contributed by atoms with Gasteiger partial charge in [0.15, 0.2) is 0 Å². The summed E-state index contributed by atoms with van der Waals surface area (Å²) in [6, 6.07) is 3.50. The number of benzene rings is 1. The minimum Gasteiger partial charge on any atom is -0.497 e. The summed E-state index contributed by atoms with van der Waals surface area (Å²) in [7, 11) is 3.11. The lowest BCUT2D eigenvalue weighted by Gasteiger charge is -2.17. The van der Waals surface area contributed by atoms with Crippen molar-refractivity contribution in [2.45, 2.75) is 13.0 Å². The van der Waals surface area contributed by atoms with Gasteiger partial charge in [0.1, 0.15) is 17.6 Å². The first-order chi connectivity index (χ1) is 8.53. The molecule has 1 aromatic carbocycles. The topological polar surface area (TPSA) is 44.8 Å². The Labute approximate surface area is 115 Å². The van der Waals surface area contributed by atoms with E-state index in [9.17, 15) is 4.79 Å². The third-order valence-electron chi connectivity index (χ3n) is 2.31. The van der Waals surface area contributed by atoms with Crippen LogP contribution in [0, 0.1) is 0 Å². The molecule has 0 aliphatic heterocycles. The van der Waals surface area contributed by atoms with Crippen LogP contribution in [0.2, 0.25) is 0 Å². The lowest BCUT2D eigenvalue weighted by Crippen LogP contribution is -2.07. The van der Waals surface area contributed by atoms with Gasteiger partial charge in [-0.15, -0.1) is 0 Å². The number of rotatable bonds is 5. The van der Waals surface area contributed by atoms with Crippen molar-refractivity contribution in [2.24, 2.45) is 0 Å². The van der Waals surface area contributed by atoms with Gasteiger partial charge in [0.05, 0.1) is 18.7 Å². The fourth-order valence-electron chi connectivity index (χ4n) is 1.48. The summed E-state index contributed by atoms with van der Waals surface area (Å²) in [6.07, 6.45) is 0.987. The first kappa shape index (κ1) is 14.6. The van der Waals surface area contributed by atoms with Crippen LogP contribution in [0.3, 0.4) is 0 Å². The van der Waals surface area contributed by atoms with E-state index >= 15 is 0 Å². The number of halogens is 1. The van der Waals surface area contributed by atoms with Crippen molar-refractivity contribution in [1.82, 2.24) is 0 Å². The Hall–Kier alpha value is -1.49. The summed E-state index contributed by atoms with van der Waals surface area (Å²) in [5, 5.41) is 0. The van der Waals surface area contributed by atoms with Crippen LogP contribution in [0.25, 0.3) is 0 Å². The Balaban J connectivity index is 3.27. The van der Waals surface area contributed by atoms with E-state index < -0.39 is 6.10 Å². The molecule has 0 spiro atoms. The van der Waals surface area contributed by atoms with Gasteiger partial charge in [-0.3, -0.25) is 4.79 Å². The molecule has 0 aromatic heterocycles. The summed E-state index contributed by atoms with van der Waals surface area (Å²) in [5.74, 6) is 0.834. The zero-order valence-electron chi connectivity index (χ0n) is 10.5. The Morgan fingerprint density at radius 1 is 1.39 bits per heavy atom. The predicted molar refractivity (Wildman–Crippen MR) is 72.0 cm³/mol. The number of ether oxygens (including phenoxy) is 3. The van der Waals surface area contributed by atoms with Gasteiger partial charge >= 0.3 is 5.97 Å². The molecule has 4 nitrogen and oxygen atoms in total. The summed E-state index contributed by atoms with van der Waals surface area (Å²) in [5.41, 5.74) is 0.719. The predicted octanol–water partition coefficient (Wildman–Crippen LogP) is 3.26. The van der Waals surface area contributed by atoms with E-state index in [-0.39, 0.29) is 5.97 Å². The maximum atomic E-state index is 11.1. The lowest BCUT2D eigenvalue weighted by molar-refractivity contribution is -0.144. The molecule has 0 aliphatic rings. The van der Waals surface area contributed by atoms with Gasteiger partial charge in [-0.2, -0.15) is 0 Å². The molecule has 0 N–H and O–H groups in total. The molecule has 0 saturated carbocycles. The molecule has 1 aromatic rings. The van der Waals surface area contributed by atoms with Crippen molar-refractivity contribution < 1.29 is 19.0 Å². The van der Waals surface area contributed by atoms with Crippen LogP contribution in [0.1, 0.15) is 18.6 Å². The summed E-state index contributed by atoms with van der Waals surface area (Å²) in [6.45, 7) is 5.01. The van der Waals surface area contributed by atoms with Gasteiger partial charge in [-0.1, -0.05) is 6.58 Å². The van der Waals surface area contributed by atoms with E-state index in [0.717, 1.165) is 5.56 Å². The van der Waals surface area contributed by atoms with Crippen LogP contribution in [0.15, 0.2) is 29.3 Å². The smallest absolute Gasteiger partial charge is 0.303 e. The van der Waals surface area contributed by atoms with E-state index in [1.807, 2.05) is 0 Å². The molecule has 0 aliphatic carbocycles. The minimum atomic E-state index is -0.555. The van der Waals surface area contributed by atoms with E-state index in [0.29, 0.717) is 16.0 Å². The summed E-state index contributed by atoms with van der Waals surface area (Å²) in [4.78, 5) is 11.1. The van der Waals surface area contributed by atoms with E-state index in [1.54, 1.807) is 32.4 Å². The quantitative estimate of drug-likeness (QED) is 0.618. The molecule has 18 heavy (non-hydrogen) atoms. The van der Waals surface area contributed by atoms with Gasteiger partial charge < -0.3 is 14.2 Å². The van der Waals surface area contributed by atoms with Crippen LogP contribution in [-0.4, -0.2) is 20.2 Å². The van der Waals surface area contributed by atoms with Crippen LogP contribution in [-0.2, 0) is 9.53 Å². The van der Waals surface area contributed by atoms with E-state index in [1.165, 1.54) is 6.92 Å². The van der Waals surface area contributed by atoms with Crippen LogP contribution >= 0.6 is 15.9 Å². The first-order valence-electron chi connectivity index (χ1n) is 5.24. The maximum Gasteiger partial charge on any atom is 0.303 e. The number of methoxy groups -OCH3 is 2. The zero-order chi connectivity index (χ0) is 13.7. The Morgan fingerprint density at radius 3 is 2.50 bits per heavy atom. The van der Waals surface area contributed by atoms with Crippen molar-refractivity contribution in [1.29, 1.82) is 0 Å². The van der Waals surface area contributed by atoms with Crippen molar-refractivity contribution in [3.05, 3.63) is 34.8 Å². The summed E-state index contributed by atoms with van der Waals surface area (Å²) >= 11 is 3.42. The van der Waals surface area contributed by atoms with Crippen molar-refractivity contribution in [3.63, 3.8) is 0 Å². The molecular formula is C13H15BrO4. The highest BCUT2D eigenvalue weighted by Crippen LogP contribution is 2.38. The van der Waals surface area contributed by atoms with Crippen molar-refractivity contribution >= 4 is 21.9 Å². The van der Waals surface area contributed by atoms with Crippen LogP contribution in [0.4, 0.5) is 0 Å². The Morgan fingerprint density at radius 2 is 2.06 bits per heavy atom. The van der Waals surface area contributed by atoms with Gasteiger partial charge in [-0.05, 0) is 28.1 Å². The van der Waals surface area contributed by atoms with Gasteiger partial charge in [-0.25, -0.2) is 0 Å². The molecule has 98 valence electrons. The van der Waals surface area contributed by atoms with Crippen molar-refractivity contribution in [3.8, 4) is 11.5 Å². The number of hydrogen-bond donors (Lipinski definition) is 0. The Kier molecular flexibility index (Phi) is 5.22. The molecule has 1 atom stereocenters. The maximum absolute atomic E-state index is 11.1. The van der Waals surface area contributed by atoms with Gasteiger partial charge in [0, 0.05) is 18.6 Å². The number of carbonyl (C=O) groups excluding carboxylic acids is 1. The largest absolute Gasteiger partial charge is 0.497 e. The molecule has 0 unspecified atom stereocenters. The average Bonchev–Trinajstić information content (AvgIpc) is 2.36. The standard InChI is InChI=1S/C13H15BrO4/c1-5-11(18-8(2)15)10-6-9(16-3)7-12(17-4)13(10)14/h5-7,11H,1H2,2-4H3/t11-/m1/s1. The van der Waals surface area contributed by atoms with Gasteiger partial charge in [0.25, 0.3) is 0 Å². The Bertz CT molecular complexity index is 457. The molecule has 0 bridgehead atoms. The highest BCUT2D eigenvalue weighted by molar-refractivity contribution is 9.10. The first-order valence-corrected chi connectivity index (χ1v) is 6.04. The number of hydrogen-bond acceptors (Lipinski definition) is 4. The average molecular weight is 315 g/mol. The second-order valence-corrected chi connectivity index (χ2v) is 4.29. The molecule has 0 radical (unpaired) electrons. The lowest BCUT2D eigenvalue weighted by atomic mass is 10.1.